The van der Waals surface area contributed by atoms with Crippen molar-refractivity contribution in [3.63, 3.8) is 0 Å². The van der Waals surface area contributed by atoms with Gasteiger partial charge in [-0.1, -0.05) is 22.9 Å². The van der Waals surface area contributed by atoms with Crippen molar-refractivity contribution in [1.29, 1.82) is 0 Å². The van der Waals surface area contributed by atoms with E-state index in [9.17, 15) is 9.50 Å². The van der Waals surface area contributed by atoms with Crippen molar-refractivity contribution in [3.8, 4) is 0 Å². The molecule has 4 heteroatoms. The van der Waals surface area contributed by atoms with Gasteiger partial charge in [0.1, 0.15) is 5.82 Å². The highest BCUT2D eigenvalue weighted by Crippen LogP contribution is 2.24. The van der Waals surface area contributed by atoms with Crippen molar-refractivity contribution in [3.05, 3.63) is 34.1 Å². The first-order valence-electron chi connectivity index (χ1n) is 4.98. The summed E-state index contributed by atoms with van der Waals surface area (Å²) in [4.78, 5) is 0. The molecule has 2 N–H and O–H groups in total. The van der Waals surface area contributed by atoms with E-state index in [1.54, 1.807) is 6.07 Å². The lowest BCUT2D eigenvalue weighted by molar-refractivity contribution is 0.244. The highest BCUT2D eigenvalue weighted by Gasteiger charge is 2.13. The first-order valence-corrected chi connectivity index (χ1v) is 5.77. The van der Waals surface area contributed by atoms with E-state index in [0.717, 1.165) is 23.0 Å². The van der Waals surface area contributed by atoms with E-state index in [-0.39, 0.29) is 18.5 Å². The Bertz CT molecular complexity index is 319. The quantitative estimate of drug-likeness (QED) is 0.866. The summed E-state index contributed by atoms with van der Waals surface area (Å²) in [7, 11) is 0. The maximum atomic E-state index is 13.0. The number of aliphatic hydroxyl groups is 1. The van der Waals surface area contributed by atoms with Gasteiger partial charge in [0.25, 0.3) is 0 Å². The molecule has 1 aromatic carbocycles. The molecule has 0 spiro atoms. The normalized spacial score (nSPS) is 12.8. The SMILES string of the molecule is CCCNC(CO)c1cc(F)ccc1Br. The lowest BCUT2D eigenvalue weighted by Gasteiger charge is -2.17. The lowest BCUT2D eigenvalue weighted by Crippen LogP contribution is -2.25. The Morgan fingerprint density at radius 1 is 1.53 bits per heavy atom. The van der Waals surface area contributed by atoms with E-state index < -0.39 is 0 Å². The molecule has 84 valence electrons. The summed E-state index contributed by atoms with van der Waals surface area (Å²) < 4.78 is 13.8. The molecule has 0 fully saturated rings. The summed E-state index contributed by atoms with van der Waals surface area (Å²) in [5.41, 5.74) is 0.756. The summed E-state index contributed by atoms with van der Waals surface area (Å²) in [6.07, 6.45) is 0.976. The van der Waals surface area contributed by atoms with Gasteiger partial charge in [0.05, 0.1) is 12.6 Å². The Balaban J connectivity index is 2.85. The minimum absolute atomic E-state index is 0.0396. The molecule has 0 radical (unpaired) electrons. The van der Waals surface area contributed by atoms with E-state index in [4.69, 9.17) is 0 Å². The topological polar surface area (TPSA) is 32.3 Å². The van der Waals surface area contributed by atoms with Crippen LogP contribution in [0.1, 0.15) is 24.9 Å². The Morgan fingerprint density at radius 3 is 2.87 bits per heavy atom. The van der Waals surface area contributed by atoms with Crippen LogP contribution in [-0.4, -0.2) is 18.3 Å². The molecule has 0 bridgehead atoms. The van der Waals surface area contributed by atoms with Gasteiger partial charge in [-0.2, -0.15) is 0 Å². The predicted octanol–water partition coefficient (Wildman–Crippen LogP) is 2.62. The molecule has 0 heterocycles. The van der Waals surface area contributed by atoms with Crippen molar-refractivity contribution in [2.75, 3.05) is 13.2 Å². The molecular weight excluding hydrogens is 261 g/mol. The molecule has 0 saturated heterocycles. The zero-order valence-corrected chi connectivity index (χ0v) is 10.2. The van der Waals surface area contributed by atoms with E-state index in [1.165, 1.54) is 12.1 Å². The second kappa shape index (κ2) is 6.20. The van der Waals surface area contributed by atoms with Gasteiger partial charge in [-0.25, -0.2) is 4.39 Å². The third kappa shape index (κ3) is 3.55. The van der Waals surface area contributed by atoms with Crippen LogP contribution in [-0.2, 0) is 0 Å². The Labute approximate surface area is 97.6 Å². The minimum Gasteiger partial charge on any atom is -0.394 e. The van der Waals surface area contributed by atoms with Crippen LogP contribution in [0.25, 0.3) is 0 Å². The fourth-order valence-electron chi connectivity index (χ4n) is 1.37. The van der Waals surface area contributed by atoms with Crippen LogP contribution in [0.5, 0.6) is 0 Å². The molecule has 2 nitrogen and oxygen atoms in total. The van der Waals surface area contributed by atoms with Crippen LogP contribution in [0.3, 0.4) is 0 Å². The smallest absolute Gasteiger partial charge is 0.123 e. The van der Waals surface area contributed by atoms with Crippen molar-refractivity contribution in [2.24, 2.45) is 0 Å². The molecule has 1 unspecified atom stereocenters. The molecule has 0 aliphatic rings. The van der Waals surface area contributed by atoms with Gasteiger partial charge >= 0.3 is 0 Å². The third-order valence-corrected chi connectivity index (χ3v) is 2.88. The van der Waals surface area contributed by atoms with Gasteiger partial charge < -0.3 is 10.4 Å². The summed E-state index contributed by atoms with van der Waals surface area (Å²) in [5, 5.41) is 12.4. The van der Waals surface area contributed by atoms with Crippen LogP contribution in [0.2, 0.25) is 0 Å². The summed E-state index contributed by atoms with van der Waals surface area (Å²) in [6, 6.07) is 4.27. The van der Waals surface area contributed by atoms with Crippen molar-refractivity contribution >= 4 is 15.9 Å². The number of rotatable bonds is 5. The zero-order valence-electron chi connectivity index (χ0n) is 8.63. The van der Waals surface area contributed by atoms with Crippen molar-refractivity contribution < 1.29 is 9.50 Å². The molecule has 0 aliphatic heterocycles. The van der Waals surface area contributed by atoms with Gasteiger partial charge in [0.15, 0.2) is 0 Å². The van der Waals surface area contributed by atoms with Gasteiger partial charge in [0.2, 0.25) is 0 Å². The zero-order chi connectivity index (χ0) is 11.3. The van der Waals surface area contributed by atoms with E-state index in [1.807, 2.05) is 6.92 Å². The highest BCUT2D eigenvalue weighted by atomic mass is 79.9. The highest BCUT2D eigenvalue weighted by molar-refractivity contribution is 9.10. The molecule has 0 saturated carbocycles. The van der Waals surface area contributed by atoms with Crippen LogP contribution in [0, 0.1) is 5.82 Å². The van der Waals surface area contributed by atoms with Crippen LogP contribution in [0.4, 0.5) is 4.39 Å². The van der Waals surface area contributed by atoms with E-state index in [2.05, 4.69) is 21.2 Å². The third-order valence-electron chi connectivity index (χ3n) is 2.16. The number of aliphatic hydroxyl groups excluding tert-OH is 1. The standard InChI is InChI=1S/C11H15BrFNO/c1-2-5-14-11(7-15)9-6-8(13)3-4-10(9)12/h3-4,6,11,14-15H,2,5,7H2,1H3. The number of hydrogen-bond donors (Lipinski definition) is 2. The Kier molecular flexibility index (Phi) is 5.22. The fraction of sp³-hybridized carbons (Fsp3) is 0.455. The maximum Gasteiger partial charge on any atom is 0.123 e. The summed E-state index contributed by atoms with van der Waals surface area (Å²) in [5.74, 6) is -0.287. The van der Waals surface area contributed by atoms with Crippen LogP contribution >= 0.6 is 15.9 Å². The fourth-order valence-corrected chi connectivity index (χ4v) is 1.90. The van der Waals surface area contributed by atoms with Crippen molar-refractivity contribution in [1.82, 2.24) is 5.32 Å². The van der Waals surface area contributed by atoms with Gasteiger partial charge in [-0.05, 0) is 36.7 Å². The summed E-state index contributed by atoms with van der Waals surface area (Å²) >= 11 is 3.35. The second-order valence-corrected chi connectivity index (χ2v) is 4.21. The number of nitrogens with one attached hydrogen (secondary N) is 1. The van der Waals surface area contributed by atoms with Gasteiger partial charge in [-0.3, -0.25) is 0 Å². The molecule has 1 aromatic rings. The first-order chi connectivity index (χ1) is 7.19. The average molecular weight is 276 g/mol. The molecule has 0 aliphatic carbocycles. The molecule has 15 heavy (non-hydrogen) atoms. The number of hydrogen-bond acceptors (Lipinski definition) is 2. The van der Waals surface area contributed by atoms with E-state index >= 15 is 0 Å². The second-order valence-electron chi connectivity index (χ2n) is 3.36. The van der Waals surface area contributed by atoms with E-state index in [0.29, 0.717) is 0 Å². The van der Waals surface area contributed by atoms with Crippen molar-refractivity contribution in [2.45, 2.75) is 19.4 Å². The average Bonchev–Trinajstić information content (AvgIpc) is 2.24. The van der Waals surface area contributed by atoms with Gasteiger partial charge in [-0.15, -0.1) is 0 Å². The minimum atomic E-state index is -0.287. The molecule has 1 atom stereocenters. The lowest BCUT2D eigenvalue weighted by atomic mass is 10.1. The maximum absolute atomic E-state index is 13.0. The Hall–Kier alpha value is -0.450. The first kappa shape index (κ1) is 12.6. The molecular formula is C11H15BrFNO. The Morgan fingerprint density at radius 2 is 2.27 bits per heavy atom. The van der Waals surface area contributed by atoms with Crippen LogP contribution in [0.15, 0.2) is 22.7 Å². The number of benzene rings is 1. The monoisotopic (exact) mass is 275 g/mol. The molecule has 0 amide bonds. The predicted molar refractivity (Wildman–Crippen MR) is 62.2 cm³/mol. The molecule has 1 rings (SSSR count). The largest absolute Gasteiger partial charge is 0.394 e. The van der Waals surface area contributed by atoms with Crippen LogP contribution < -0.4 is 5.32 Å². The van der Waals surface area contributed by atoms with Gasteiger partial charge in [0, 0.05) is 4.47 Å². The molecule has 0 aromatic heterocycles. The summed E-state index contributed by atoms with van der Waals surface area (Å²) in [6.45, 7) is 2.80. The number of halogens is 2.